The molecule has 1 aromatic carbocycles. The van der Waals surface area contributed by atoms with Crippen LogP contribution in [0.25, 0.3) is 0 Å². The van der Waals surface area contributed by atoms with Crippen molar-refractivity contribution >= 4 is 0 Å². The van der Waals surface area contributed by atoms with Gasteiger partial charge in [0.15, 0.2) is 0 Å². The van der Waals surface area contributed by atoms with Gasteiger partial charge in [-0.2, -0.15) is 0 Å². The lowest BCUT2D eigenvalue weighted by Crippen LogP contribution is -2.18. The first-order valence-electron chi connectivity index (χ1n) is 5.37. The van der Waals surface area contributed by atoms with E-state index in [-0.39, 0.29) is 11.0 Å². The zero-order valence-corrected chi connectivity index (χ0v) is 9.93. The molecule has 0 fully saturated rings. The van der Waals surface area contributed by atoms with E-state index < -0.39 is 19.0 Å². The van der Waals surface area contributed by atoms with Crippen LogP contribution < -0.4 is 0 Å². The molecule has 0 amide bonds. The van der Waals surface area contributed by atoms with E-state index in [1.807, 2.05) is 26.8 Å². The molecule has 0 spiro atoms. The average Bonchev–Trinajstić information content (AvgIpc) is 2.16. The molecule has 1 aromatic rings. The number of rotatable bonds is 3. The Labute approximate surface area is 95.1 Å². The standard InChI is InChI=1S/C13H18F2O/c1-12(2,3)10-5-4-6-11(9-10)13(14,15)7-8-16/h4-6,9,16H,7-8H2,1-3H3. The number of aliphatic hydroxyl groups excluding tert-OH is 1. The fourth-order valence-electron chi connectivity index (χ4n) is 1.50. The van der Waals surface area contributed by atoms with E-state index in [0.29, 0.717) is 0 Å². The van der Waals surface area contributed by atoms with Gasteiger partial charge in [0.2, 0.25) is 0 Å². The summed E-state index contributed by atoms with van der Waals surface area (Å²) in [6.07, 6.45) is -0.527. The van der Waals surface area contributed by atoms with Gasteiger partial charge in [-0.25, -0.2) is 8.78 Å². The maximum absolute atomic E-state index is 13.6. The first-order valence-corrected chi connectivity index (χ1v) is 5.37. The van der Waals surface area contributed by atoms with E-state index in [1.165, 1.54) is 12.1 Å². The zero-order chi connectivity index (χ0) is 12.4. The van der Waals surface area contributed by atoms with Gasteiger partial charge in [-0.1, -0.05) is 39.0 Å². The molecule has 1 nitrogen and oxygen atoms in total. The van der Waals surface area contributed by atoms with E-state index in [4.69, 9.17) is 5.11 Å². The maximum atomic E-state index is 13.6. The smallest absolute Gasteiger partial charge is 0.275 e. The molecule has 90 valence electrons. The van der Waals surface area contributed by atoms with Crippen LogP contribution >= 0.6 is 0 Å². The summed E-state index contributed by atoms with van der Waals surface area (Å²) in [6.45, 7) is 5.44. The summed E-state index contributed by atoms with van der Waals surface area (Å²) < 4.78 is 27.1. The summed E-state index contributed by atoms with van der Waals surface area (Å²) in [7, 11) is 0. The Morgan fingerprint density at radius 3 is 2.19 bits per heavy atom. The van der Waals surface area contributed by atoms with Crippen molar-refractivity contribution in [2.24, 2.45) is 0 Å². The summed E-state index contributed by atoms with van der Waals surface area (Å²) in [4.78, 5) is 0. The number of hydrogen-bond acceptors (Lipinski definition) is 1. The van der Waals surface area contributed by atoms with Crippen LogP contribution in [0.4, 0.5) is 8.78 Å². The van der Waals surface area contributed by atoms with Gasteiger partial charge < -0.3 is 5.11 Å². The molecular weight excluding hydrogens is 210 g/mol. The van der Waals surface area contributed by atoms with Crippen LogP contribution in [0.15, 0.2) is 24.3 Å². The lowest BCUT2D eigenvalue weighted by Gasteiger charge is -2.22. The predicted molar refractivity (Wildman–Crippen MR) is 60.7 cm³/mol. The van der Waals surface area contributed by atoms with Crippen molar-refractivity contribution in [2.45, 2.75) is 38.5 Å². The highest BCUT2D eigenvalue weighted by atomic mass is 19.3. The third-order valence-electron chi connectivity index (χ3n) is 2.58. The molecule has 3 heteroatoms. The molecule has 16 heavy (non-hydrogen) atoms. The Bertz CT molecular complexity index is 353. The summed E-state index contributed by atoms with van der Waals surface area (Å²) in [5.74, 6) is -2.95. The van der Waals surface area contributed by atoms with Gasteiger partial charge in [-0.3, -0.25) is 0 Å². The first kappa shape index (κ1) is 13.1. The molecule has 0 aromatic heterocycles. The second-order valence-corrected chi connectivity index (χ2v) is 5.01. The van der Waals surface area contributed by atoms with Gasteiger partial charge in [0, 0.05) is 18.6 Å². The molecule has 0 aliphatic carbocycles. The van der Waals surface area contributed by atoms with Crippen LogP contribution in [-0.2, 0) is 11.3 Å². The molecule has 0 radical (unpaired) electrons. The zero-order valence-electron chi connectivity index (χ0n) is 9.93. The number of aliphatic hydroxyl groups is 1. The van der Waals surface area contributed by atoms with Crippen molar-refractivity contribution < 1.29 is 13.9 Å². The highest BCUT2D eigenvalue weighted by molar-refractivity contribution is 5.31. The molecule has 0 bridgehead atoms. The lowest BCUT2D eigenvalue weighted by molar-refractivity contribution is -0.0270. The quantitative estimate of drug-likeness (QED) is 0.840. The van der Waals surface area contributed by atoms with Crippen LogP contribution in [-0.4, -0.2) is 11.7 Å². The normalized spacial score (nSPS) is 12.9. The van der Waals surface area contributed by atoms with Crippen molar-refractivity contribution in [2.75, 3.05) is 6.61 Å². The van der Waals surface area contributed by atoms with Crippen LogP contribution in [0.3, 0.4) is 0 Å². The van der Waals surface area contributed by atoms with Crippen LogP contribution in [0.2, 0.25) is 0 Å². The molecule has 0 heterocycles. The fraction of sp³-hybridized carbons (Fsp3) is 0.538. The van der Waals surface area contributed by atoms with Crippen molar-refractivity contribution in [3.63, 3.8) is 0 Å². The second-order valence-electron chi connectivity index (χ2n) is 5.01. The van der Waals surface area contributed by atoms with Crippen molar-refractivity contribution in [1.82, 2.24) is 0 Å². The van der Waals surface area contributed by atoms with E-state index in [1.54, 1.807) is 6.07 Å². The first-order chi connectivity index (χ1) is 7.27. The molecular formula is C13H18F2O. The molecule has 0 aliphatic heterocycles. The molecule has 0 saturated heterocycles. The molecule has 0 atom stereocenters. The lowest BCUT2D eigenvalue weighted by atomic mass is 9.85. The summed E-state index contributed by atoms with van der Waals surface area (Å²) in [5.41, 5.74) is 0.710. The monoisotopic (exact) mass is 228 g/mol. The van der Waals surface area contributed by atoms with Gasteiger partial charge in [-0.05, 0) is 17.0 Å². The molecule has 1 rings (SSSR count). The SMILES string of the molecule is CC(C)(C)c1cccc(C(F)(F)CCO)c1. The minimum absolute atomic E-state index is 0.0195. The molecule has 0 saturated carbocycles. The Kier molecular flexibility index (Phi) is 3.68. The van der Waals surface area contributed by atoms with Crippen LogP contribution in [0.1, 0.15) is 38.3 Å². The van der Waals surface area contributed by atoms with Crippen molar-refractivity contribution in [3.05, 3.63) is 35.4 Å². The van der Waals surface area contributed by atoms with Gasteiger partial charge in [0.05, 0.1) is 0 Å². The third kappa shape index (κ3) is 3.01. The minimum Gasteiger partial charge on any atom is -0.396 e. The fourth-order valence-corrected chi connectivity index (χ4v) is 1.50. The van der Waals surface area contributed by atoms with Crippen LogP contribution in [0.5, 0.6) is 0 Å². The Hall–Kier alpha value is -0.960. The van der Waals surface area contributed by atoms with Crippen LogP contribution in [0, 0.1) is 0 Å². The third-order valence-corrected chi connectivity index (χ3v) is 2.58. The van der Waals surface area contributed by atoms with E-state index >= 15 is 0 Å². The molecule has 0 unspecified atom stereocenters. The second kappa shape index (κ2) is 4.50. The Morgan fingerprint density at radius 1 is 1.12 bits per heavy atom. The van der Waals surface area contributed by atoms with E-state index in [2.05, 4.69) is 0 Å². The summed E-state index contributed by atoms with van der Waals surface area (Å²) in [6, 6.07) is 6.42. The number of halogens is 2. The topological polar surface area (TPSA) is 20.2 Å². The van der Waals surface area contributed by atoms with E-state index in [9.17, 15) is 8.78 Å². The van der Waals surface area contributed by atoms with E-state index in [0.717, 1.165) is 5.56 Å². The van der Waals surface area contributed by atoms with Gasteiger partial charge in [0.1, 0.15) is 0 Å². The average molecular weight is 228 g/mol. The van der Waals surface area contributed by atoms with Gasteiger partial charge >= 0.3 is 0 Å². The van der Waals surface area contributed by atoms with Gasteiger partial charge in [0.25, 0.3) is 5.92 Å². The minimum atomic E-state index is -2.95. The largest absolute Gasteiger partial charge is 0.396 e. The molecule has 0 aliphatic rings. The molecule has 1 N–H and O–H groups in total. The summed E-state index contributed by atoms with van der Waals surface area (Å²) in [5, 5.41) is 8.61. The maximum Gasteiger partial charge on any atom is 0.275 e. The highest BCUT2D eigenvalue weighted by Gasteiger charge is 2.31. The number of benzene rings is 1. The van der Waals surface area contributed by atoms with Crippen molar-refractivity contribution in [3.8, 4) is 0 Å². The van der Waals surface area contributed by atoms with Gasteiger partial charge in [-0.15, -0.1) is 0 Å². The number of alkyl halides is 2. The predicted octanol–water partition coefficient (Wildman–Crippen LogP) is 3.46. The Balaban J connectivity index is 3.08. The van der Waals surface area contributed by atoms with Crippen molar-refractivity contribution in [1.29, 1.82) is 0 Å². The number of hydrogen-bond donors (Lipinski definition) is 1. The Morgan fingerprint density at radius 2 is 1.69 bits per heavy atom. The summed E-state index contributed by atoms with van der Waals surface area (Å²) >= 11 is 0. The highest BCUT2D eigenvalue weighted by Crippen LogP contribution is 2.33.